The minimum atomic E-state index is -0.367. The van der Waals surface area contributed by atoms with Crippen molar-refractivity contribution in [3.63, 3.8) is 0 Å². The van der Waals surface area contributed by atoms with E-state index >= 15 is 0 Å². The summed E-state index contributed by atoms with van der Waals surface area (Å²) in [4.78, 5) is 23.0. The summed E-state index contributed by atoms with van der Waals surface area (Å²) in [6.07, 6.45) is 5.03. The lowest BCUT2D eigenvalue weighted by Crippen LogP contribution is -2.35. The van der Waals surface area contributed by atoms with E-state index in [-0.39, 0.29) is 18.0 Å². The molecule has 2 N–H and O–H groups in total. The molecule has 0 bridgehead atoms. The van der Waals surface area contributed by atoms with Crippen molar-refractivity contribution in [3.05, 3.63) is 35.9 Å². The zero-order valence-corrected chi connectivity index (χ0v) is 13.4. The fourth-order valence-electron chi connectivity index (χ4n) is 1.93. The molecule has 0 heterocycles. The van der Waals surface area contributed by atoms with E-state index in [1.807, 2.05) is 19.1 Å². The van der Waals surface area contributed by atoms with Crippen molar-refractivity contribution >= 4 is 23.8 Å². The van der Waals surface area contributed by atoms with Crippen LogP contribution in [0.5, 0.6) is 0 Å². The minimum Gasteiger partial charge on any atom is -0.463 e. The number of anilines is 1. The van der Waals surface area contributed by atoms with E-state index in [0.29, 0.717) is 12.3 Å². The van der Waals surface area contributed by atoms with Crippen LogP contribution in [-0.4, -0.2) is 24.6 Å². The van der Waals surface area contributed by atoms with Gasteiger partial charge in [0.15, 0.2) is 0 Å². The molecule has 120 valence electrons. The number of hydrogen-bond acceptors (Lipinski definition) is 3. The molecule has 0 aliphatic rings. The average Bonchev–Trinajstić information content (AvgIpc) is 2.47. The maximum absolute atomic E-state index is 11.8. The predicted molar refractivity (Wildman–Crippen MR) is 88.6 cm³/mol. The fourth-order valence-corrected chi connectivity index (χ4v) is 1.93. The lowest BCUT2D eigenvalue weighted by Gasteiger charge is -2.13. The average molecular weight is 304 g/mol. The summed E-state index contributed by atoms with van der Waals surface area (Å²) >= 11 is 0. The number of benzene rings is 1. The smallest absolute Gasteiger partial charge is 0.330 e. The van der Waals surface area contributed by atoms with E-state index in [4.69, 9.17) is 4.74 Å². The molecule has 5 heteroatoms. The van der Waals surface area contributed by atoms with Gasteiger partial charge in [0.05, 0.1) is 6.61 Å². The Morgan fingerprint density at radius 1 is 1.23 bits per heavy atom. The number of carbonyl (C=O) groups is 2. The fraction of sp³-hybridized carbons (Fsp3) is 0.412. The zero-order chi connectivity index (χ0) is 16.4. The van der Waals surface area contributed by atoms with Gasteiger partial charge in [0.25, 0.3) is 0 Å². The standard InChI is InChI=1S/C17H24N2O3/c1-4-6-13(3)18-17(21)19-15-10-7-14(8-11-15)9-12-16(20)22-5-2/h7-13H,4-6H2,1-3H3,(H2,18,19,21). The van der Waals surface area contributed by atoms with Crippen LogP contribution in [-0.2, 0) is 9.53 Å². The number of carbonyl (C=O) groups excluding carboxylic acids is 2. The molecule has 1 rings (SSSR count). The quantitative estimate of drug-likeness (QED) is 0.597. The van der Waals surface area contributed by atoms with Crippen molar-refractivity contribution in [3.8, 4) is 0 Å². The highest BCUT2D eigenvalue weighted by Gasteiger charge is 2.06. The van der Waals surface area contributed by atoms with Crippen molar-refractivity contribution in [2.24, 2.45) is 0 Å². The third-order valence-corrected chi connectivity index (χ3v) is 2.97. The number of amides is 2. The second kappa shape index (κ2) is 9.60. The van der Waals surface area contributed by atoms with Gasteiger partial charge in [-0.2, -0.15) is 0 Å². The first-order valence-corrected chi connectivity index (χ1v) is 7.57. The van der Waals surface area contributed by atoms with Crippen LogP contribution in [0.1, 0.15) is 39.2 Å². The van der Waals surface area contributed by atoms with Gasteiger partial charge in [0.1, 0.15) is 0 Å². The molecular formula is C17H24N2O3. The Hall–Kier alpha value is -2.30. The molecule has 22 heavy (non-hydrogen) atoms. The van der Waals surface area contributed by atoms with E-state index < -0.39 is 0 Å². The van der Waals surface area contributed by atoms with Gasteiger partial charge >= 0.3 is 12.0 Å². The van der Waals surface area contributed by atoms with Crippen LogP contribution in [0.15, 0.2) is 30.3 Å². The molecule has 1 aromatic carbocycles. The maximum Gasteiger partial charge on any atom is 0.330 e. The highest BCUT2D eigenvalue weighted by atomic mass is 16.5. The summed E-state index contributed by atoms with van der Waals surface area (Å²) in [5, 5.41) is 5.65. The molecule has 5 nitrogen and oxygen atoms in total. The minimum absolute atomic E-state index is 0.150. The summed E-state index contributed by atoms with van der Waals surface area (Å²) in [5.41, 5.74) is 1.56. The van der Waals surface area contributed by atoms with Gasteiger partial charge in [-0.15, -0.1) is 0 Å². The van der Waals surface area contributed by atoms with Crippen LogP contribution in [0.3, 0.4) is 0 Å². The Bertz CT molecular complexity index is 509. The molecule has 1 aromatic rings. The lowest BCUT2D eigenvalue weighted by atomic mass is 10.2. The first-order valence-electron chi connectivity index (χ1n) is 7.57. The van der Waals surface area contributed by atoms with E-state index in [2.05, 4.69) is 17.6 Å². The first kappa shape index (κ1) is 17.8. The van der Waals surface area contributed by atoms with Crippen molar-refractivity contribution in [1.82, 2.24) is 5.32 Å². The van der Waals surface area contributed by atoms with E-state index in [1.54, 1.807) is 25.1 Å². The van der Waals surface area contributed by atoms with Gasteiger partial charge in [-0.05, 0) is 44.0 Å². The van der Waals surface area contributed by atoms with Crippen LogP contribution in [0.2, 0.25) is 0 Å². The highest BCUT2D eigenvalue weighted by Crippen LogP contribution is 2.11. The highest BCUT2D eigenvalue weighted by molar-refractivity contribution is 5.90. The molecule has 0 aliphatic heterocycles. The van der Waals surface area contributed by atoms with Crippen LogP contribution in [0.4, 0.5) is 10.5 Å². The predicted octanol–water partition coefficient (Wildman–Crippen LogP) is 3.57. The molecule has 0 fully saturated rings. The molecule has 2 amide bonds. The van der Waals surface area contributed by atoms with E-state index in [0.717, 1.165) is 18.4 Å². The zero-order valence-electron chi connectivity index (χ0n) is 13.4. The Kier molecular flexibility index (Phi) is 7.75. The molecule has 0 radical (unpaired) electrons. The summed E-state index contributed by atoms with van der Waals surface area (Å²) in [6, 6.07) is 7.15. The monoisotopic (exact) mass is 304 g/mol. The van der Waals surface area contributed by atoms with Gasteiger partial charge in [-0.1, -0.05) is 25.5 Å². The van der Waals surface area contributed by atoms with Crippen molar-refractivity contribution < 1.29 is 14.3 Å². The van der Waals surface area contributed by atoms with Crippen molar-refractivity contribution in [2.45, 2.75) is 39.7 Å². The molecular weight excluding hydrogens is 280 g/mol. The van der Waals surface area contributed by atoms with Crippen LogP contribution in [0.25, 0.3) is 6.08 Å². The van der Waals surface area contributed by atoms with E-state index in [9.17, 15) is 9.59 Å². The van der Waals surface area contributed by atoms with Crippen molar-refractivity contribution in [1.29, 1.82) is 0 Å². The van der Waals surface area contributed by atoms with Gasteiger partial charge in [-0.3, -0.25) is 0 Å². The second-order valence-electron chi connectivity index (χ2n) is 5.00. The summed E-state index contributed by atoms with van der Waals surface area (Å²) < 4.78 is 4.81. The molecule has 0 aromatic heterocycles. The number of nitrogens with one attached hydrogen (secondary N) is 2. The molecule has 1 unspecified atom stereocenters. The summed E-state index contributed by atoms with van der Waals surface area (Å²) in [6.45, 7) is 6.18. The number of ether oxygens (including phenoxy) is 1. The molecule has 1 atom stereocenters. The maximum atomic E-state index is 11.8. The van der Waals surface area contributed by atoms with Crippen LogP contribution in [0, 0.1) is 0 Å². The Morgan fingerprint density at radius 3 is 2.50 bits per heavy atom. The van der Waals surface area contributed by atoms with Crippen LogP contribution >= 0.6 is 0 Å². The van der Waals surface area contributed by atoms with Gasteiger partial charge < -0.3 is 15.4 Å². The second-order valence-corrected chi connectivity index (χ2v) is 5.00. The summed E-state index contributed by atoms with van der Waals surface area (Å²) in [7, 11) is 0. The number of esters is 1. The Labute approximate surface area is 131 Å². The third kappa shape index (κ3) is 6.92. The normalized spacial score (nSPS) is 12.0. The van der Waals surface area contributed by atoms with E-state index in [1.165, 1.54) is 6.08 Å². The molecule has 0 saturated heterocycles. The molecule has 0 spiro atoms. The first-order chi connectivity index (χ1) is 10.5. The summed E-state index contributed by atoms with van der Waals surface area (Å²) in [5.74, 6) is -0.367. The lowest BCUT2D eigenvalue weighted by molar-refractivity contribution is -0.137. The molecule has 0 aliphatic carbocycles. The number of rotatable bonds is 7. The van der Waals surface area contributed by atoms with Crippen LogP contribution < -0.4 is 10.6 Å². The van der Waals surface area contributed by atoms with Gasteiger partial charge in [0, 0.05) is 17.8 Å². The van der Waals surface area contributed by atoms with Gasteiger partial charge in [0.2, 0.25) is 0 Å². The van der Waals surface area contributed by atoms with Gasteiger partial charge in [-0.25, -0.2) is 9.59 Å². The Balaban J connectivity index is 2.51. The SMILES string of the molecule is CCCC(C)NC(=O)Nc1ccc(C=CC(=O)OCC)cc1. The molecule has 0 saturated carbocycles. The van der Waals surface area contributed by atoms with Crippen molar-refractivity contribution in [2.75, 3.05) is 11.9 Å². The largest absolute Gasteiger partial charge is 0.463 e. The number of hydrogen-bond donors (Lipinski definition) is 2. The third-order valence-electron chi connectivity index (χ3n) is 2.97. The topological polar surface area (TPSA) is 67.4 Å². The Morgan fingerprint density at radius 2 is 1.91 bits per heavy atom. The number of urea groups is 1.